The highest BCUT2D eigenvalue weighted by Gasteiger charge is 2.16. The fourth-order valence-corrected chi connectivity index (χ4v) is 2.59. The highest BCUT2D eigenvalue weighted by molar-refractivity contribution is 5.89. The first-order valence-corrected chi connectivity index (χ1v) is 8.43. The van der Waals surface area contributed by atoms with Crippen LogP contribution >= 0.6 is 0 Å². The van der Waals surface area contributed by atoms with E-state index in [1.165, 1.54) is 0 Å². The third-order valence-electron chi connectivity index (χ3n) is 4.02. The van der Waals surface area contributed by atoms with Gasteiger partial charge in [0, 0.05) is 17.8 Å². The lowest BCUT2D eigenvalue weighted by atomic mass is 10.0. The minimum Gasteiger partial charge on any atom is -0.496 e. The number of benzene rings is 2. The Labute approximate surface area is 149 Å². The molecule has 0 aliphatic carbocycles. The van der Waals surface area contributed by atoms with Crippen molar-refractivity contribution in [1.29, 1.82) is 0 Å². The molecule has 2 aromatic carbocycles. The van der Waals surface area contributed by atoms with E-state index < -0.39 is 0 Å². The first kappa shape index (κ1) is 18.8. The van der Waals surface area contributed by atoms with Crippen molar-refractivity contribution in [3.8, 4) is 5.75 Å². The molecular weight excluding hydrogens is 316 g/mol. The standard InChI is InChI=1S/C20H26N2O3/c1-15(2)16-8-6-9-18(13-16)21-20(24)22(11-12-23)14-17-7-4-5-10-19(17)25-3/h4-10,13,15,23H,11-12,14H2,1-3H3,(H,21,24). The molecule has 2 rings (SSSR count). The average molecular weight is 342 g/mol. The summed E-state index contributed by atoms with van der Waals surface area (Å²) in [6, 6.07) is 15.1. The number of rotatable bonds is 7. The monoisotopic (exact) mass is 342 g/mol. The number of hydrogen-bond donors (Lipinski definition) is 2. The number of carbonyl (C=O) groups excluding carboxylic acids is 1. The highest BCUT2D eigenvalue weighted by atomic mass is 16.5. The van der Waals surface area contributed by atoms with E-state index in [4.69, 9.17) is 4.74 Å². The van der Waals surface area contributed by atoms with Gasteiger partial charge in [-0.1, -0.05) is 44.2 Å². The lowest BCUT2D eigenvalue weighted by Gasteiger charge is -2.23. The second-order valence-electron chi connectivity index (χ2n) is 6.17. The second-order valence-corrected chi connectivity index (χ2v) is 6.17. The van der Waals surface area contributed by atoms with E-state index in [9.17, 15) is 9.90 Å². The van der Waals surface area contributed by atoms with Crippen LogP contribution in [0.4, 0.5) is 10.5 Å². The van der Waals surface area contributed by atoms with Crippen molar-refractivity contribution in [2.24, 2.45) is 0 Å². The molecule has 0 heterocycles. The van der Waals surface area contributed by atoms with Crippen molar-refractivity contribution < 1.29 is 14.6 Å². The number of nitrogens with one attached hydrogen (secondary N) is 1. The largest absolute Gasteiger partial charge is 0.496 e. The average Bonchev–Trinajstić information content (AvgIpc) is 2.62. The molecule has 2 amide bonds. The third kappa shape index (κ3) is 5.22. The summed E-state index contributed by atoms with van der Waals surface area (Å²) in [6.45, 7) is 4.73. The van der Waals surface area contributed by atoms with Gasteiger partial charge in [-0.15, -0.1) is 0 Å². The minimum absolute atomic E-state index is 0.103. The summed E-state index contributed by atoms with van der Waals surface area (Å²) in [5, 5.41) is 12.2. The zero-order chi connectivity index (χ0) is 18.2. The van der Waals surface area contributed by atoms with Crippen molar-refractivity contribution in [2.45, 2.75) is 26.3 Å². The van der Waals surface area contributed by atoms with Crippen LogP contribution in [0.15, 0.2) is 48.5 Å². The SMILES string of the molecule is COc1ccccc1CN(CCO)C(=O)Nc1cccc(C(C)C)c1. The molecule has 0 unspecified atom stereocenters. The van der Waals surface area contributed by atoms with Gasteiger partial charge in [0.15, 0.2) is 0 Å². The van der Waals surface area contributed by atoms with E-state index in [1.54, 1.807) is 12.0 Å². The van der Waals surface area contributed by atoms with E-state index in [0.29, 0.717) is 12.5 Å². The number of aliphatic hydroxyl groups is 1. The molecule has 2 aromatic rings. The number of carbonyl (C=O) groups is 1. The zero-order valence-corrected chi connectivity index (χ0v) is 15.0. The number of anilines is 1. The van der Waals surface area contributed by atoms with E-state index in [2.05, 4.69) is 19.2 Å². The summed E-state index contributed by atoms with van der Waals surface area (Å²) in [5.41, 5.74) is 2.81. The molecule has 2 N–H and O–H groups in total. The van der Waals surface area contributed by atoms with Gasteiger partial charge in [0.2, 0.25) is 0 Å². The Hall–Kier alpha value is -2.53. The Morgan fingerprint density at radius 2 is 1.96 bits per heavy atom. The number of para-hydroxylation sites is 1. The van der Waals surface area contributed by atoms with Gasteiger partial charge in [0.05, 0.1) is 20.3 Å². The molecule has 0 aromatic heterocycles. The van der Waals surface area contributed by atoms with Crippen LogP contribution < -0.4 is 10.1 Å². The van der Waals surface area contributed by atoms with Gasteiger partial charge in [-0.05, 0) is 29.7 Å². The van der Waals surface area contributed by atoms with Gasteiger partial charge in [0.1, 0.15) is 5.75 Å². The smallest absolute Gasteiger partial charge is 0.322 e. The highest BCUT2D eigenvalue weighted by Crippen LogP contribution is 2.21. The van der Waals surface area contributed by atoms with Crippen molar-refractivity contribution in [2.75, 3.05) is 25.6 Å². The Bertz CT molecular complexity index is 701. The Morgan fingerprint density at radius 3 is 2.64 bits per heavy atom. The number of aliphatic hydroxyl groups excluding tert-OH is 1. The molecule has 5 heteroatoms. The van der Waals surface area contributed by atoms with Gasteiger partial charge < -0.3 is 20.1 Å². The Morgan fingerprint density at radius 1 is 1.20 bits per heavy atom. The molecular formula is C20H26N2O3. The van der Waals surface area contributed by atoms with Crippen molar-refractivity contribution in [1.82, 2.24) is 4.90 Å². The molecule has 5 nitrogen and oxygen atoms in total. The molecule has 0 radical (unpaired) electrons. The first-order chi connectivity index (χ1) is 12.0. The Kier molecular flexibility index (Phi) is 6.83. The zero-order valence-electron chi connectivity index (χ0n) is 15.0. The van der Waals surface area contributed by atoms with Crippen LogP contribution in [0.1, 0.15) is 30.9 Å². The van der Waals surface area contributed by atoms with Gasteiger partial charge >= 0.3 is 6.03 Å². The van der Waals surface area contributed by atoms with Crippen LogP contribution in [-0.4, -0.2) is 36.3 Å². The lowest BCUT2D eigenvalue weighted by molar-refractivity contribution is 0.184. The summed E-state index contributed by atoms with van der Waals surface area (Å²) >= 11 is 0. The van der Waals surface area contributed by atoms with Crippen molar-refractivity contribution in [3.63, 3.8) is 0 Å². The topological polar surface area (TPSA) is 61.8 Å². The molecule has 0 saturated heterocycles. The minimum atomic E-state index is -0.249. The molecule has 0 aliphatic rings. The van der Waals surface area contributed by atoms with Crippen molar-refractivity contribution >= 4 is 11.7 Å². The molecule has 0 spiro atoms. The molecule has 25 heavy (non-hydrogen) atoms. The van der Waals surface area contributed by atoms with Gasteiger partial charge in [-0.3, -0.25) is 0 Å². The number of ether oxygens (including phenoxy) is 1. The van der Waals surface area contributed by atoms with Crippen LogP contribution in [0.5, 0.6) is 5.75 Å². The summed E-state index contributed by atoms with van der Waals surface area (Å²) < 4.78 is 5.34. The molecule has 134 valence electrons. The molecule has 0 fully saturated rings. The van der Waals surface area contributed by atoms with E-state index in [0.717, 1.165) is 22.6 Å². The predicted molar refractivity (Wildman–Crippen MR) is 100 cm³/mol. The van der Waals surface area contributed by atoms with E-state index >= 15 is 0 Å². The number of nitrogens with zero attached hydrogens (tertiary/aromatic N) is 1. The first-order valence-electron chi connectivity index (χ1n) is 8.43. The summed E-state index contributed by atoms with van der Waals surface area (Å²) in [6.07, 6.45) is 0. The number of urea groups is 1. The summed E-state index contributed by atoms with van der Waals surface area (Å²) in [4.78, 5) is 14.2. The fourth-order valence-electron chi connectivity index (χ4n) is 2.59. The van der Waals surface area contributed by atoms with E-state index in [-0.39, 0.29) is 19.2 Å². The van der Waals surface area contributed by atoms with Crippen LogP contribution in [-0.2, 0) is 6.54 Å². The van der Waals surface area contributed by atoms with E-state index in [1.807, 2.05) is 48.5 Å². The maximum absolute atomic E-state index is 12.7. The molecule has 0 atom stereocenters. The third-order valence-corrected chi connectivity index (χ3v) is 4.02. The molecule has 0 aliphatic heterocycles. The molecule has 0 bridgehead atoms. The predicted octanol–water partition coefficient (Wildman–Crippen LogP) is 3.85. The van der Waals surface area contributed by atoms with Crippen LogP contribution in [0.25, 0.3) is 0 Å². The van der Waals surface area contributed by atoms with Crippen LogP contribution in [0.3, 0.4) is 0 Å². The summed E-state index contributed by atoms with van der Waals surface area (Å²) in [5.74, 6) is 1.11. The fraction of sp³-hybridized carbons (Fsp3) is 0.350. The maximum atomic E-state index is 12.7. The van der Waals surface area contributed by atoms with Gasteiger partial charge in [0.25, 0.3) is 0 Å². The summed E-state index contributed by atoms with van der Waals surface area (Å²) in [7, 11) is 1.60. The number of methoxy groups -OCH3 is 1. The Balaban J connectivity index is 2.13. The quantitative estimate of drug-likeness (QED) is 0.803. The van der Waals surface area contributed by atoms with Gasteiger partial charge in [-0.2, -0.15) is 0 Å². The molecule has 0 saturated carbocycles. The lowest BCUT2D eigenvalue weighted by Crippen LogP contribution is -2.36. The number of amides is 2. The van der Waals surface area contributed by atoms with Gasteiger partial charge in [-0.25, -0.2) is 4.79 Å². The maximum Gasteiger partial charge on any atom is 0.322 e. The van der Waals surface area contributed by atoms with Crippen molar-refractivity contribution in [3.05, 3.63) is 59.7 Å². The normalized spacial score (nSPS) is 10.6. The number of hydrogen-bond acceptors (Lipinski definition) is 3. The van der Waals surface area contributed by atoms with Crippen LogP contribution in [0, 0.1) is 0 Å². The second kappa shape index (κ2) is 9.08. The van der Waals surface area contributed by atoms with Crippen LogP contribution in [0.2, 0.25) is 0 Å².